The van der Waals surface area contributed by atoms with Gasteiger partial charge in [-0.3, -0.25) is 0 Å². The van der Waals surface area contributed by atoms with Crippen molar-refractivity contribution in [2.24, 2.45) is 0 Å². The lowest BCUT2D eigenvalue weighted by atomic mass is 10.0. The van der Waals surface area contributed by atoms with Gasteiger partial charge in [0.25, 0.3) is 0 Å². The van der Waals surface area contributed by atoms with Crippen molar-refractivity contribution in [3.63, 3.8) is 0 Å². The molecule has 0 unspecified atom stereocenters. The highest BCUT2D eigenvalue weighted by atomic mass is 35.5. The first-order valence-electron chi connectivity index (χ1n) is 7.00. The minimum atomic E-state index is -1.01. The highest BCUT2D eigenvalue weighted by molar-refractivity contribution is 6.30. The number of benzene rings is 2. The van der Waals surface area contributed by atoms with Crippen LogP contribution in [0.2, 0.25) is 5.02 Å². The molecule has 0 atom stereocenters. The summed E-state index contributed by atoms with van der Waals surface area (Å²) in [5.41, 5.74) is 2.40. The molecule has 23 heavy (non-hydrogen) atoms. The fourth-order valence-electron chi connectivity index (χ4n) is 2.29. The molecule has 0 amide bonds. The summed E-state index contributed by atoms with van der Waals surface area (Å²) in [6, 6.07) is 12.2. The number of hydrogen-bond donors (Lipinski definition) is 1. The Morgan fingerprint density at radius 1 is 1.17 bits per heavy atom. The van der Waals surface area contributed by atoms with E-state index in [2.05, 4.69) is 15.5 Å². The van der Waals surface area contributed by atoms with Gasteiger partial charge in [0.1, 0.15) is 0 Å². The number of aryl methyl sites for hydroxylation is 1. The van der Waals surface area contributed by atoms with Gasteiger partial charge in [-0.05, 0) is 51.9 Å². The summed E-state index contributed by atoms with van der Waals surface area (Å²) in [6.45, 7) is 1.93. The Labute approximate surface area is 137 Å². The number of aromatic carboxylic acids is 1. The van der Waals surface area contributed by atoms with Crippen molar-refractivity contribution in [2.45, 2.75) is 13.3 Å². The van der Waals surface area contributed by atoms with Crippen LogP contribution in [0.5, 0.6) is 0 Å². The normalized spacial score (nSPS) is 10.7. The van der Waals surface area contributed by atoms with Gasteiger partial charge < -0.3 is 5.11 Å². The minimum Gasteiger partial charge on any atom is -0.478 e. The zero-order valence-corrected chi connectivity index (χ0v) is 13.0. The highest BCUT2D eigenvalue weighted by Crippen LogP contribution is 2.26. The number of aromatic nitrogens is 4. The molecular weight excluding hydrogens is 316 g/mol. The zero-order chi connectivity index (χ0) is 16.4. The topological polar surface area (TPSA) is 80.9 Å². The monoisotopic (exact) mass is 328 g/mol. The third-order valence-electron chi connectivity index (χ3n) is 3.44. The quantitative estimate of drug-likeness (QED) is 0.795. The van der Waals surface area contributed by atoms with Crippen molar-refractivity contribution in [1.82, 2.24) is 20.2 Å². The van der Waals surface area contributed by atoms with Crippen molar-refractivity contribution in [1.29, 1.82) is 0 Å². The predicted octanol–water partition coefficient (Wildman–Crippen LogP) is 3.24. The first-order chi connectivity index (χ1) is 11.1. The lowest BCUT2D eigenvalue weighted by molar-refractivity contribution is 0.0697. The van der Waals surface area contributed by atoms with Crippen LogP contribution in [0.3, 0.4) is 0 Å². The van der Waals surface area contributed by atoms with E-state index in [9.17, 15) is 9.90 Å². The molecule has 0 saturated carbocycles. The number of halogens is 1. The second kappa shape index (κ2) is 6.18. The first-order valence-corrected chi connectivity index (χ1v) is 7.38. The van der Waals surface area contributed by atoms with Crippen LogP contribution in [0.15, 0.2) is 42.5 Å². The molecule has 6 nitrogen and oxygen atoms in total. The van der Waals surface area contributed by atoms with Crippen LogP contribution in [-0.2, 0) is 6.42 Å². The third-order valence-corrected chi connectivity index (χ3v) is 3.69. The Morgan fingerprint density at radius 3 is 2.57 bits per heavy atom. The maximum Gasteiger partial charge on any atom is 0.335 e. The molecule has 7 heteroatoms. The zero-order valence-electron chi connectivity index (χ0n) is 12.3. The Kier molecular flexibility index (Phi) is 4.08. The Bertz CT molecular complexity index is 859. The second-order valence-corrected chi connectivity index (χ2v) is 5.38. The highest BCUT2D eigenvalue weighted by Gasteiger charge is 2.13. The summed E-state index contributed by atoms with van der Waals surface area (Å²) >= 11 is 5.91. The van der Waals surface area contributed by atoms with E-state index in [1.54, 1.807) is 28.9 Å². The molecule has 3 aromatic rings. The number of carboxylic acids is 1. The molecule has 3 rings (SSSR count). The van der Waals surface area contributed by atoms with Gasteiger partial charge in [0, 0.05) is 11.4 Å². The van der Waals surface area contributed by atoms with Crippen molar-refractivity contribution >= 4 is 17.6 Å². The molecule has 1 aromatic heterocycles. The van der Waals surface area contributed by atoms with E-state index in [0.717, 1.165) is 11.1 Å². The summed E-state index contributed by atoms with van der Waals surface area (Å²) in [7, 11) is 0. The summed E-state index contributed by atoms with van der Waals surface area (Å²) in [5, 5.41) is 21.5. The lowest BCUT2D eigenvalue weighted by Gasteiger charge is -2.09. The van der Waals surface area contributed by atoms with Crippen LogP contribution < -0.4 is 0 Å². The van der Waals surface area contributed by atoms with E-state index in [1.807, 2.05) is 25.1 Å². The van der Waals surface area contributed by atoms with Crippen LogP contribution in [0.1, 0.15) is 23.1 Å². The molecule has 0 aliphatic rings. The lowest BCUT2D eigenvalue weighted by Crippen LogP contribution is -2.05. The number of rotatable bonds is 4. The maximum atomic E-state index is 11.4. The summed E-state index contributed by atoms with van der Waals surface area (Å²) in [4.78, 5) is 11.4. The van der Waals surface area contributed by atoms with Gasteiger partial charge in [0.05, 0.1) is 11.3 Å². The average molecular weight is 329 g/mol. The molecule has 0 spiro atoms. The number of carbonyl (C=O) groups is 1. The number of nitrogens with zero attached hydrogens (tertiary/aromatic N) is 4. The van der Waals surface area contributed by atoms with Crippen molar-refractivity contribution in [3.05, 3.63) is 58.9 Å². The molecule has 0 saturated heterocycles. The van der Waals surface area contributed by atoms with Gasteiger partial charge in [-0.25, -0.2) is 4.79 Å². The smallest absolute Gasteiger partial charge is 0.335 e. The number of tetrazole rings is 1. The Hall–Kier alpha value is -2.73. The molecule has 1 heterocycles. The standard InChI is InChI=1S/C16H13ClN4O2/c1-2-15-18-19-20-21(15)14-8-11(7-12(9-14)16(22)23)10-3-5-13(17)6-4-10/h3-9H,2H2,1H3,(H,22,23). The number of hydrogen-bond acceptors (Lipinski definition) is 4. The summed E-state index contributed by atoms with van der Waals surface area (Å²) in [6.07, 6.45) is 0.639. The van der Waals surface area contributed by atoms with Crippen molar-refractivity contribution < 1.29 is 9.90 Å². The number of carboxylic acid groups (broad SMARTS) is 1. The SMILES string of the molecule is CCc1nnnn1-c1cc(C(=O)O)cc(-c2ccc(Cl)cc2)c1. The molecule has 116 valence electrons. The van der Waals surface area contributed by atoms with Crippen molar-refractivity contribution in [3.8, 4) is 16.8 Å². The van der Waals surface area contributed by atoms with E-state index in [0.29, 0.717) is 23.0 Å². The van der Waals surface area contributed by atoms with Crippen LogP contribution in [0.25, 0.3) is 16.8 Å². The van der Waals surface area contributed by atoms with E-state index in [-0.39, 0.29) is 5.56 Å². The molecule has 0 bridgehead atoms. The molecule has 0 aliphatic heterocycles. The fraction of sp³-hybridized carbons (Fsp3) is 0.125. The second-order valence-electron chi connectivity index (χ2n) is 4.94. The molecular formula is C16H13ClN4O2. The van der Waals surface area contributed by atoms with Gasteiger partial charge in [-0.2, -0.15) is 4.68 Å². The third kappa shape index (κ3) is 3.07. The molecule has 0 fully saturated rings. The minimum absolute atomic E-state index is 0.171. The van der Waals surface area contributed by atoms with Crippen LogP contribution in [0, 0.1) is 0 Å². The van der Waals surface area contributed by atoms with Crippen LogP contribution in [0.4, 0.5) is 0 Å². The molecule has 0 radical (unpaired) electrons. The predicted molar refractivity (Wildman–Crippen MR) is 85.9 cm³/mol. The van der Waals surface area contributed by atoms with Crippen molar-refractivity contribution in [2.75, 3.05) is 0 Å². The molecule has 1 N–H and O–H groups in total. The Morgan fingerprint density at radius 2 is 1.91 bits per heavy atom. The first kappa shape index (κ1) is 15.2. The van der Waals surface area contributed by atoms with E-state index >= 15 is 0 Å². The average Bonchev–Trinajstić information content (AvgIpc) is 3.03. The summed E-state index contributed by atoms with van der Waals surface area (Å²) < 4.78 is 1.55. The molecule has 2 aromatic carbocycles. The van der Waals surface area contributed by atoms with Gasteiger partial charge in [0.2, 0.25) is 0 Å². The molecule has 0 aliphatic carbocycles. The Balaban J connectivity index is 2.17. The van der Waals surface area contributed by atoms with Gasteiger partial charge in [-0.15, -0.1) is 5.10 Å². The van der Waals surface area contributed by atoms with E-state index in [1.165, 1.54) is 0 Å². The largest absolute Gasteiger partial charge is 0.478 e. The van der Waals surface area contributed by atoms with E-state index < -0.39 is 5.97 Å². The van der Waals surface area contributed by atoms with Gasteiger partial charge in [0.15, 0.2) is 5.82 Å². The van der Waals surface area contributed by atoms with Gasteiger partial charge >= 0.3 is 5.97 Å². The van der Waals surface area contributed by atoms with E-state index in [4.69, 9.17) is 11.6 Å². The van der Waals surface area contributed by atoms with Crippen LogP contribution >= 0.6 is 11.6 Å². The van der Waals surface area contributed by atoms with Gasteiger partial charge in [-0.1, -0.05) is 30.7 Å². The summed E-state index contributed by atoms with van der Waals surface area (Å²) in [5.74, 6) is -0.345. The van der Waals surface area contributed by atoms with Crippen LogP contribution in [-0.4, -0.2) is 31.3 Å². The maximum absolute atomic E-state index is 11.4. The fourth-order valence-corrected chi connectivity index (χ4v) is 2.42.